The van der Waals surface area contributed by atoms with Crippen LogP contribution >= 0.6 is 11.6 Å². The number of allylic oxidation sites excluding steroid dienone is 1. The van der Waals surface area contributed by atoms with Gasteiger partial charge in [0.25, 0.3) is 0 Å². The van der Waals surface area contributed by atoms with Gasteiger partial charge in [-0.15, -0.1) is 10.2 Å². The van der Waals surface area contributed by atoms with Crippen LogP contribution in [0.1, 0.15) is 16.4 Å². The Labute approximate surface area is 151 Å². The highest BCUT2D eigenvalue weighted by atomic mass is 35.5. The van der Waals surface area contributed by atoms with Crippen molar-refractivity contribution < 1.29 is 18.7 Å². The number of nitrogens with zero attached hydrogens (tertiary/aromatic N) is 4. The van der Waals surface area contributed by atoms with Gasteiger partial charge in [-0.3, -0.25) is 0 Å². The number of halogens is 1. The van der Waals surface area contributed by atoms with Crippen molar-refractivity contribution >= 4 is 39.8 Å². The van der Waals surface area contributed by atoms with Crippen LogP contribution in [0.2, 0.25) is 5.02 Å². The van der Waals surface area contributed by atoms with Crippen molar-refractivity contribution in [1.29, 1.82) is 5.26 Å². The Balaban J connectivity index is 2.05. The Morgan fingerprint density at radius 1 is 1.46 bits per heavy atom. The number of hydrogen-bond donors (Lipinski definition) is 2. The maximum Gasteiger partial charge on any atom is 0.373 e. The van der Waals surface area contributed by atoms with Crippen LogP contribution < -0.4 is 10.1 Å². The second-order valence-corrected chi connectivity index (χ2v) is 5.21. The second kappa shape index (κ2) is 7.12. The first-order valence-corrected chi connectivity index (χ1v) is 7.45. The first kappa shape index (κ1) is 17.2. The predicted molar refractivity (Wildman–Crippen MR) is 90.5 cm³/mol. The normalized spacial score (nSPS) is 11.2. The summed E-state index contributed by atoms with van der Waals surface area (Å²) in [6.45, 7) is 0. The minimum absolute atomic E-state index is 0.00339. The number of rotatable bonds is 5. The number of anilines is 1. The highest BCUT2D eigenvalue weighted by Gasteiger charge is 2.19. The van der Waals surface area contributed by atoms with Gasteiger partial charge in [0.2, 0.25) is 11.6 Å². The number of carbonyl (C=O) groups is 1. The molecule has 11 heteroatoms. The van der Waals surface area contributed by atoms with E-state index in [1.54, 1.807) is 6.07 Å². The summed E-state index contributed by atoms with van der Waals surface area (Å²) in [5, 5.41) is 26.0. The predicted octanol–water partition coefficient (Wildman–Crippen LogP) is 2.37. The molecule has 0 radical (unpaired) electrons. The molecule has 0 fully saturated rings. The smallest absolute Gasteiger partial charge is 0.373 e. The third-order valence-electron chi connectivity index (χ3n) is 3.39. The Kier molecular flexibility index (Phi) is 4.72. The Morgan fingerprint density at radius 2 is 2.27 bits per heavy atom. The number of benzene rings is 1. The number of ether oxygens (including phenoxy) is 2. The van der Waals surface area contributed by atoms with Crippen LogP contribution in [0.3, 0.4) is 0 Å². The van der Waals surface area contributed by atoms with Crippen molar-refractivity contribution in [2.75, 3.05) is 19.5 Å². The molecule has 10 nitrogen and oxygen atoms in total. The molecule has 0 unspecified atom stereocenters. The van der Waals surface area contributed by atoms with Gasteiger partial charge in [-0.1, -0.05) is 11.6 Å². The fourth-order valence-electron chi connectivity index (χ4n) is 2.20. The van der Waals surface area contributed by atoms with E-state index >= 15 is 0 Å². The van der Waals surface area contributed by atoms with Crippen LogP contribution in [0, 0.1) is 11.3 Å². The average Bonchev–Trinajstić information content (AvgIpc) is 3.32. The van der Waals surface area contributed by atoms with Crippen LogP contribution in [-0.2, 0) is 4.74 Å². The topological polar surface area (TPSA) is 139 Å². The summed E-state index contributed by atoms with van der Waals surface area (Å²) in [4.78, 5) is 11.6. The van der Waals surface area contributed by atoms with Crippen molar-refractivity contribution in [3.05, 3.63) is 34.9 Å². The van der Waals surface area contributed by atoms with E-state index in [9.17, 15) is 10.1 Å². The van der Waals surface area contributed by atoms with Crippen molar-refractivity contribution in [3.63, 3.8) is 0 Å². The van der Waals surface area contributed by atoms with Gasteiger partial charge in [0.05, 0.1) is 24.9 Å². The van der Waals surface area contributed by atoms with E-state index in [0.717, 1.165) is 0 Å². The van der Waals surface area contributed by atoms with Crippen molar-refractivity contribution in [2.24, 2.45) is 0 Å². The van der Waals surface area contributed by atoms with Crippen molar-refractivity contribution in [1.82, 2.24) is 20.6 Å². The van der Waals surface area contributed by atoms with Crippen molar-refractivity contribution in [3.8, 4) is 11.8 Å². The minimum atomic E-state index is -0.630. The number of methoxy groups -OCH3 is 2. The lowest BCUT2D eigenvalue weighted by Gasteiger charge is -2.10. The van der Waals surface area contributed by atoms with Crippen LogP contribution in [-0.4, -0.2) is 40.8 Å². The number of fused-ring (bicyclic) bond motifs is 1. The van der Waals surface area contributed by atoms with Gasteiger partial charge in [-0.2, -0.15) is 10.5 Å². The third-order valence-corrected chi connectivity index (χ3v) is 3.76. The fraction of sp³-hybridized carbons (Fsp3) is 0.133. The number of nitriles is 1. The maximum atomic E-state index is 11.6. The molecule has 0 saturated heterocycles. The first-order chi connectivity index (χ1) is 12.6. The van der Waals surface area contributed by atoms with Gasteiger partial charge in [0.15, 0.2) is 5.75 Å². The van der Waals surface area contributed by atoms with Crippen LogP contribution in [0.25, 0.3) is 16.5 Å². The van der Waals surface area contributed by atoms with E-state index in [1.165, 1.54) is 26.5 Å². The number of aromatic nitrogens is 4. The Morgan fingerprint density at radius 3 is 2.88 bits per heavy atom. The molecule has 132 valence electrons. The van der Waals surface area contributed by atoms with Crippen LogP contribution in [0.4, 0.5) is 5.69 Å². The molecular weight excluding hydrogens is 364 g/mol. The fourth-order valence-corrected chi connectivity index (χ4v) is 2.53. The molecule has 0 aliphatic heterocycles. The summed E-state index contributed by atoms with van der Waals surface area (Å²) in [5.41, 5.74) is 0.879. The van der Waals surface area contributed by atoms with E-state index in [1.807, 2.05) is 6.07 Å². The third kappa shape index (κ3) is 3.03. The number of furan rings is 1. The van der Waals surface area contributed by atoms with E-state index in [0.29, 0.717) is 22.4 Å². The zero-order chi connectivity index (χ0) is 18.7. The number of carbonyl (C=O) groups excluding carboxylic acids is 1. The molecule has 26 heavy (non-hydrogen) atoms. The molecule has 0 aliphatic carbocycles. The summed E-state index contributed by atoms with van der Waals surface area (Å²) in [5.74, 6) is -0.201. The number of H-pyrrole nitrogens is 1. The lowest BCUT2D eigenvalue weighted by molar-refractivity contribution is 0.0567. The molecule has 0 aliphatic rings. The van der Waals surface area contributed by atoms with Crippen molar-refractivity contribution in [2.45, 2.75) is 0 Å². The van der Waals surface area contributed by atoms with Gasteiger partial charge in [0.1, 0.15) is 17.2 Å². The highest BCUT2D eigenvalue weighted by Crippen LogP contribution is 2.41. The molecule has 0 bridgehead atoms. The molecule has 2 heterocycles. The summed E-state index contributed by atoms with van der Waals surface area (Å²) < 4.78 is 15.4. The van der Waals surface area contributed by atoms with E-state index < -0.39 is 5.97 Å². The molecule has 0 spiro atoms. The van der Waals surface area contributed by atoms with Crippen LogP contribution in [0.5, 0.6) is 5.75 Å². The lowest BCUT2D eigenvalue weighted by atomic mass is 10.2. The minimum Gasteiger partial charge on any atom is -0.493 e. The van der Waals surface area contributed by atoms with Gasteiger partial charge in [-0.25, -0.2) is 4.79 Å². The van der Waals surface area contributed by atoms with Gasteiger partial charge in [-0.05, 0) is 5.21 Å². The summed E-state index contributed by atoms with van der Waals surface area (Å²) in [7, 11) is 2.69. The van der Waals surface area contributed by atoms with Gasteiger partial charge < -0.3 is 19.2 Å². The quantitative estimate of drug-likeness (QED) is 0.508. The molecule has 0 amide bonds. The summed E-state index contributed by atoms with van der Waals surface area (Å²) in [6, 6.07) is 4.99. The highest BCUT2D eigenvalue weighted by molar-refractivity contribution is 6.37. The van der Waals surface area contributed by atoms with Crippen LogP contribution in [0.15, 0.2) is 22.7 Å². The van der Waals surface area contributed by atoms with E-state index in [4.69, 9.17) is 20.8 Å². The zero-order valence-electron chi connectivity index (χ0n) is 13.5. The number of hydrogen-bond acceptors (Lipinski definition) is 9. The monoisotopic (exact) mass is 374 g/mol. The maximum absolute atomic E-state index is 11.6. The first-order valence-electron chi connectivity index (χ1n) is 7.08. The number of esters is 1. The molecule has 0 atom stereocenters. The summed E-state index contributed by atoms with van der Waals surface area (Å²) in [6.07, 6.45) is 1.37. The summed E-state index contributed by atoms with van der Waals surface area (Å²) >= 11 is 6.35. The largest absolute Gasteiger partial charge is 0.493 e. The second-order valence-electron chi connectivity index (χ2n) is 4.83. The number of tetrazole rings is 1. The molecule has 3 aromatic rings. The SMILES string of the molecule is COC(=O)c1cc2c(Cl)c(OC)c(NC=C(C#N)c3nn[nH]n3)cc2o1. The Bertz CT molecular complexity index is 1030. The molecule has 2 N–H and O–H groups in total. The van der Waals surface area contributed by atoms with Gasteiger partial charge in [0, 0.05) is 23.7 Å². The van der Waals surface area contributed by atoms with Gasteiger partial charge >= 0.3 is 5.97 Å². The lowest BCUT2D eigenvalue weighted by Crippen LogP contribution is -1.97. The Hall–Kier alpha value is -3.58. The molecular formula is C15H11ClN6O4. The number of nitrogens with one attached hydrogen (secondary N) is 2. The number of aromatic amines is 1. The average molecular weight is 375 g/mol. The molecule has 2 aromatic heterocycles. The molecule has 1 aromatic carbocycles. The van der Waals surface area contributed by atoms with E-state index in [2.05, 4.69) is 30.7 Å². The molecule has 0 saturated carbocycles. The standard InChI is InChI=1S/C15H11ClN6O4/c1-24-13-9(18-6-7(5-17)14-19-21-22-20-14)4-10-8(12(13)16)3-11(26-10)15(23)25-2/h3-4,6,18H,1-2H3,(H,19,20,21,22). The molecule has 3 rings (SSSR count). The zero-order valence-corrected chi connectivity index (χ0v) is 14.3. The van der Waals surface area contributed by atoms with E-state index in [-0.39, 0.29) is 22.2 Å².